The molecule has 0 saturated heterocycles. The van der Waals surface area contributed by atoms with Crippen LogP contribution in [0.2, 0.25) is 0 Å². The molecule has 0 unspecified atom stereocenters. The largest absolute Gasteiger partial charge is 0.395 e. The molecule has 0 saturated carbocycles. The Morgan fingerprint density at radius 2 is 2.06 bits per heavy atom. The number of aryl methyl sites for hydroxylation is 1. The van der Waals surface area contributed by atoms with Gasteiger partial charge in [0, 0.05) is 18.5 Å². The van der Waals surface area contributed by atoms with Crippen molar-refractivity contribution in [2.75, 3.05) is 30.3 Å². The van der Waals surface area contributed by atoms with Crippen LogP contribution in [-0.2, 0) is 6.42 Å². The van der Waals surface area contributed by atoms with Crippen LogP contribution in [0.3, 0.4) is 0 Å². The molecular weight excluding hydrogens is 242 g/mol. The average Bonchev–Trinajstić information content (AvgIpc) is 2.31. The lowest BCUT2D eigenvalue weighted by atomic mass is 10.2. The molecule has 18 heavy (non-hydrogen) atoms. The Morgan fingerprint density at radius 1 is 1.39 bits per heavy atom. The molecule has 5 nitrogen and oxygen atoms in total. The maximum atomic E-state index is 12.5. The highest BCUT2D eigenvalue weighted by molar-refractivity contribution is 5.56. The van der Waals surface area contributed by atoms with E-state index in [1.54, 1.807) is 6.92 Å². The molecule has 1 aromatic rings. The van der Waals surface area contributed by atoms with Crippen molar-refractivity contribution in [2.24, 2.45) is 0 Å². The molecule has 1 rings (SSSR count). The Balaban J connectivity index is 3.12. The molecule has 0 aliphatic carbocycles. The summed E-state index contributed by atoms with van der Waals surface area (Å²) >= 11 is 0. The van der Waals surface area contributed by atoms with Gasteiger partial charge in [-0.3, -0.25) is 0 Å². The maximum absolute atomic E-state index is 12.5. The van der Waals surface area contributed by atoms with E-state index in [1.165, 1.54) is 4.90 Å². The maximum Gasteiger partial charge on any atom is 0.255 e. The first-order valence-electron chi connectivity index (χ1n) is 5.76. The number of nitrogens with two attached hydrogens (primary N) is 1. The smallest absolute Gasteiger partial charge is 0.255 e. The molecule has 0 amide bonds. The lowest BCUT2D eigenvalue weighted by molar-refractivity contribution is 0.152. The first-order chi connectivity index (χ1) is 8.49. The van der Waals surface area contributed by atoms with Crippen molar-refractivity contribution in [3.8, 4) is 0 Å². The Labute approximate surface area is 105 Å². The van der Waals surface area contributed by atoms with E-state index in [-0.39, 0.29) is 19.0 Å². The van der Waals surface area contributed by atoms with Crippen molar-refractivity contribution >= 4 is 11.6 Å². The van der Waals surface area contributed by atoms with E-state index in [4.69, 9.17) is 10.8 Å². The molecule has 7 heteroatoms. The zero-order chi connectivity index (χ0) is 13.7. The molecule has 3 N–H and O–H groups in total. The monoisotopic (exact) mass is 260 g/mol. The molecular formula is C11H18F2N4O. The summed E-state index contributed by atoms with van der Waals surface area (Å²) in [6.07, 6.45) is -1.93. The zero-order valence-electron chi connectivity index (χ0n) is 10.5. The van der Waals surface area contributed by atoms with Crippen LogP contribution in [0.5, 0.6) is 0 Å². The summed E-state index contributed by atoms with van der Waals surface area (Å²) in [6, 6.07) is 0. The molecule has 0 aliphatic heterocycles. The Morgan fingerprint density at radius 3 is 2.56 bits per heavy atom. The number of aliphatic hydroxyl groups excluding tert-OH is 1. The molecule has 0 bridgehead atoms. The number of halogens is 2. The highest BCUT2D eigenvalue weighted by Gasteiger charge is 2.18. The third-order valence-corrected chi connectivity index (χ3v) is 2.55. The lowest BCUT2D eigenvalue weighted by Gasteiger charge is -2.24. The molecule has 0 radical (unpaired) electrons. The highest BCUT2D eigenvalue weighted by atomic mass is 19.3. The summed E-state index contributed by atoms with van der Waals surface area (Å²) in [7, 11) is 0. The topological polar surface area (TPSA) is 75.3 Å². The fourth-order valence-electron chi connectivity index (χ4n) is 1.61. The van der Waals surface area contributed by atoms with Gasteiger partial charge in [-0.15, -0.1) is 0 Å². The van der Waals surface area contributed by atoms with Crippen LogP contribution in [0.25, 0.3) is 0 Å². The second-order valence-corrected chi connectivity index (χ2v) is 3.89. The van der Waals surface area contributed by atoms with Crippen molar-refractivity contribution in [2.45, 2.75) is 26.7 Å². The summed E-state index contributed by atoms with van der Waals surface area (Å²) in [6.45, 7) is 2.92. The third-order valence-electron chi connectivity index (χ3n) is 2.55. The number of aromatic nitrogens is 2. The molecule has 0 aliphatic rings. The molecule has 1 aromatic heterocycles. The van der Waals surface area contributed by atoms with Gasteiger partial charge in [-0.05, 0) is 6.92 Å². The Bertz CT molecular complexity index is 401. The van der Waals surface area contributed by atoms with Gasteiger partial charge < -0.3 is 15.7 Å². The van der Waals surface area contributed by atoms with Crippen LogP contribution in [0.1, 0.15) is 18.3 Å². The van der Waals surface area contributed by atoms with E-state index in [2.05, 4.69) is 9.97 Å². The minimum atomic E-state index is -2.50. The SMILES string of the molecule is CCc1nc(N)c(C)c(N(CCO)CC(F)F)n1. The summed E-state index contributed by atoms with van der Waals surface area (Å²) in [5.41, 5.74) is 6.29. The highest BCUT2D eigenvalue weighted by Crippen LogP contribution is 2.22. The van der Waals surface area contributed by atoms with Crippen molar-refractivity contribution < 1.29 is 13.9 Å². The molecule has 0 atom stereocenters. The van der Waals surface area contributed by atoms with Gasteiger partial charge in [-0.1, -0.05) is 6.92 Å². The standard InChI is InChI=1S/C11H18F2N4O/c1-3-9-15-10(14)7(2)11(16-9)17(4-5-18)6-8(12)13/h8,18H,3-6H2,1-2H3,(H2,14,15,16). The third kappa shape index (κ3) is 3.49. The molecule has 102 valence electrons. The van der Waals surface area contributed by atoms with Gasteiger partial charge in [0.2, 0.25) is 0 Å². The molecule has 1 heterocycles. The van der Waals surface area contributed by atoms with Gasteiger partial charge in [0.1, 0.15) is 17.5 Å². The molecule has 0 fully saturated rings. The minimum Gasteiger partial charge on any atom is -0.395 e. The normalized spacial score (nSPS) is 11.0. The van der Waals surface area contributed by atoms with Crippen LogP contribution < -0.4 is 10.6 Å². The fourth-order valence-corrected chi connectivity index (χ4v) is 1.61. The van der Waals surface area contributed by atoms with E-state index in [0.717, 1.165) is 0 Å². The Kier molecular flexibility index (Phi) is 5.21. The number of nitrogens with zero attached hydrogens (tertiary/aromatic N) is 3. The first-order valence-corrected chi connectivity index (χ1v) is 5.76. The van der Waals surface area contributed by atoms with Crippen molar-refractivity contribution in [3.05, 3.63) is 11.4 Å². The van der Waals surface area contributed by atoms with E-state index >= 15 is 0 Å². The fraction of sp³-hybridized carbons (Fsp3) is 0.636. The quantitative estimate of drug-likeness (QED) is 0.798. The van der Waals surface area contributed by atoms with Crippen LogP contribution in [0.4, 0.5) is 20.4 Å². The lowest BCUT2D eigenvalue weighted by Crippen LogP contribution is -2.33. The summed E-state index contributed by atoms with van der Waals surface area (Å²) < 4.78 is 25.0. The van der Waals surface area contributed by atoms with Crippen molar-refractivity contribution in [1.29, 1.82) is 0 Å². The van der Waals surface area contributed by atoms with Crippen LogP contribution in [0, 0.1) is 6.92 Å². The van der Waals surface area contributed by atoms with Crippen LogP contribution in [-0.4, -0.2) is 41.2 Å². The number of rotatable bonds is 6. The number of hydrogen-bond donors (Lipinski definition) is 2. The number of hydrogen-bond acceptors (Lipinski definition) is 5. The number of nitrogen functional groups attached to an aromatic ring is 1. The predicted octanol–water partition coefficient (Wildman–Crippen LogP) is 0.993. The van der Waals surface area contributed by atoms with Crippen LogP contribution in [0.15, 0.2) is 0 Å². The zero-order valence-corrected chi connectivity index (χ0v) is 10.5. The molecule has 0 aromatic carbocycles. The van der Waals surface area contributed by atoms with E-state index in [9.17, 15) is 8.78 Å². The van der Waals surface area contributed by atoms with E-state index in [0.29, 0.717) is 23.6 Å². The Hall–Kier alpha value is -1.50. The second-order valence-electron chi connectivity index (χ2n) is 3.89. The van der Waals surface area contributed by atoms with Gasteiger partial charge in [0.05, 0.1) is 13.2 Å². The van der Waals surface area contributed by atoms with Crippen molar-refractivity contribution in [3.63, 3.8) is 0 Å². The minimum absolute atomic E-state index is 0.0881. The predicted molar refractivity (Wildman–Crippen MR) is 65.9 cm³/mol. The van der Waals surface area contributed by atoms with Crippen LogP contribution >= 0.6 is 0 Å². The second kappa shape index (κ2) is 6.44. The summed E-state index contributed by atoms with van der Waals surface area (Å²) in [5, 5.41) is 8.94. The van der Waals surface area contributed by atoms with E-state index in [1.807, 2.05) is 6.92 Å². The van der Waals surface area contributed by atoms with Crippen molar-refractivity contribution in [1.82, 2.24) is 9.97 Å². The number of aliphatic hydroxyl groups is 1. The first kappa shape index (κ1) is 14.6. The van der Waals surface area contributed by atoms with Gasteiger partial charge >= 0.3 is 0 Å². The van der Waals surface area contributed by atoms with Gasteiger partial charge in [-0.2, -0.15) is 0 Å². The van der Waals surface area contributed by atoms with Gasteiger partial charge in [0.25, 0.3) is 6.43 Å². The van der Waals surface area contributed by atoms with Gasteiger partial charge in [0.15, 0.2) is 0 Å². The van der Waals surface area contributed by atoms with Gasteiger partial charge in [-0.25, -0.2) is 18.7 Å². The number of anilines is 2. The number of alkyl halides is 2. The average molecular weight is 260 g/mol. The summed E-state index contributed by atoms with van der Waals surface area (Å²) in [4.78, 5) is 9.61. The summed E-state index contributed by atoms with van der Waals surface area (Å²) in [5.74, 6) is 1.16. The molecule has 0 spiro atoms. The van der Waals surface area contributed by atoms with E-state index < -0.39 is 13.0 Å².